The number of benzene rings is 1. The van der Waals surface area contributed by atoms with Gasteiger partial charge in [-0.05, 0) is 35.8 Å². The van der Waals surface area contributed by atoms with E-state index < -0.39 is 0 Å². The number of anilines is 1. The highest BCUT2D eigenvalue weighted by Crippen LogP contribution is 2.12. The molecule has 0 fully saturated rings. The molecular formula is C17H26N5O2+. The van der Waals surface area contributed by atoms with E-state index in [0.717, 1.165) is 24.3 Å². The lowest BCUT2D eigenvalue weighted by Gasteiger charge is -2.02. The van der Waals surface area contributed by atoms with Crippen molar-refractivity contribution < 1.29 is 14.2 Å². The Hall–Kier alpha value is -2.57. The maximum atomic E-state index is 12.2. The van der Waals surface area contributed by atoms with Crippen molar-refractivity contribution in [3.63, 3.8) is 0 Å². The Bertz CT molecular complexity index is 652. The Morgan fingerprint density at radius 3 is 2.62 bits per heavy atom. The van der Waals surface area contributed by atoms with Crippen LogP contribution in [0, 0.1) is 0 Å². The number of amides is 1. The molecule has 7 nitrogen and oxygen atoms in total. The first kappa shape index (κ1) is 17.8. The maximum absolute atomic E-state index is 12.2. The summed E-state index contributed by atoms with van der Waals surface area (Å²) in [6.45, 7) is 2.82. The van der Waals surface area contributed by atoms with Gasteiger partial charge in [-0.25, -0.2) is 0 Å². The molecule has 0 aliphatic rings. The normalized spacial score (nSPS) is 10.6. The molecule has 0 radical (unpaired) electrons. The highest BCUT2D eigenvalue weighted by atomic mass is 16.5. The largest absolute Gasteiger partial charge is 0.497 e. The zero-order valence-electron chi connectivity index (χ0n) is 14.3. The quantitative estimate of drug-likeness (QED) is 0.483. The fourth-order valence-electron chi connectivity index (χ4n) is 2.43. The van der Waals surface area contributed by atoms with Crippen molar-refractivity contribution in [1.82, 2.24) is 15.6 Å². The Morgan fingerprint density at radius 2 is 1.96 bits per heavy atom. The Balaban J connectivity index is 1.94. The molecular weight excluding hydrogens is 306 g/mol. The molecule has 2 aromatic rings. The Labute approximate surface area is 142 Å². The highest BCUT2D eigenvalue weighted by molar-refractivity contribution is 5.95. The van der Waals surface area contributed by atoms with Crippen LogP contribution in [-0.2, 0) is 0 Å². The zero-order chi connectivity index (χ0) is 17.4. The topological polar surface area (TPSA) is 96.9 Å². The van der Waals surface area contributed by atoms with Gasteiger partial charge >= 0.3 is 0 Å². The fraction of sp³-hybridized carbons (Fsp3) is 0.471. The molecule has 0 bridgehead atoms. The number of nitrogens with zero attached hydrogens (tertiary/aromatic N) is 2. The number of aromatic nitrogens is 3. The predicted octanol–water partition coefficient (Wildman–Crippen LogP) is 1.98. The monoisotopic (exact) mass is 332 g/mol. The van der Waals surface area contributed by atoms with Crippen molar-refractivity contribution in [2.24, 2.45) is 0 Å². The van der Waals surface area contributed by atoms with Crippen LogP contribution in [0.1, 0.15) is 49.5 Å². The number of rotatable bonds is 9. The molecule has 24 heavy (non-hydrogen) atoms. The lowest BCUT2D eigenvalue weighted by Crippen LogP contribution is -2.36. The standard InChI is InChI=1S/C17H25N5O2/c1-3-4-5-6-7-12-19-17(23)15-16(18)22(21-20-15)13-8-10-14(24-2)11-9-13/h8-11H,3-7,12H2,1-2H3,(H3,18,19,21,23)/p+1. The number of nitrogen functional groups attached to an aromatic ring is 1. The minimum absolute atomic E-state index is 0.208. The summed E-state index contributed by atoms with van der Waals surface area (Å²) in [4.78, 5) is 12.2. The summed E-state index contributed by atoms with van der Waals surface area (Å²) < 4.78 is 6.69. The summed E-state index contributed by atoms with van der Waals surface area (Å²) in [5, 5.41) is 9.66. The lowest BCUT2D eigenvalue weighted by atomic mass is 10.1. The van der Waals surface area contributed by atoms with Crippen molar-refractivity contribution in [1.29, 1.82) is 0 Å². The van der Waals surface area contributed by atoms with Gasteiger partial charge in [0.2, 0.25) is 0 Å². The molecule has 1 aromatic carbocycles. The molecule has 130 valence electrons. The van der Waals surface area contributed by atoms with Crippen LogP contribution in [-0.4, -0.2) is 29.9 Å². The predicted molar refractivity (Wildman–Crippen MR) is 92.2 cm³/mol. The van der Waals surface area contributed by atoms with Gasteiger partial charge in [0.1, 0.15) is 11.4 Å². The SMILES string of the molecule is CCCCCCCNC(=O)c1n[nH][n+](-c2ccc(OC)cc2)c1N. The Morgan fingerprint density at radius 1 is 1.25 bits per heavy atom. The summed E-state index contributed by atoms with van der Waals surface area (Å²) in [6, 6.07) is 7.31. The average molecular weight is 332 g/mol. The van der Waals surface area contributed by atoms with Crippen LogP contribution in [0.5, 0.6) is 5.75 Å². The van der Waals surface area contributed by atoms with Gasteiger partial charge in [-0.1, -0.05) is 32.6 Å². The molecule has 4 N–H and O–H groups in total. The van der Waals surface area contributed by atoms with E-state index in [1.807, 2.05) is 24.3 Å². The van der Waals surface area contributed by atoms with Crippen molar-refractivity contribution >= 4 is 11.7 Å². The first-order valence-corrected chi connectivity index (χ1v) is 8.36. The van der Waals surface area contributed by atoms with Crippen LogP contribution in [0.3, 0.4) is 0 Å². The molecule has 0 saturated heterocycles. The van der Waals surface area contributed by atoms with Gasteiger partial charge in [0.05, 0.1) is 7.11 Å². The second-order valence-electron chi connectivity index (χ2n) is 5.65. The van der Waals surface area contributed by atoms with E-state index in [1.54, 1.807) is 11.8 Å². The fourth-order valence-corrected chi connectivity index (χ4v) is 2.43. The Kier molecular flexibility index (Phi) is 6.60. The van der Waals surface area contributed by atoms with Crippen molar-refractivity contribution in [2.75, 3.05) is 19.4 Å². The van der Waals surface area contributed by atoms with Crippen molar-refractivity contribution in [3.05, 3.63) is 30.0 Å². The van der Waals surface area contributed by atoms with Gasteiger partial charge in [-0.3, -0.25) is 4.79 Å². The van der Waals surface area contributed by atoms with E-state index in [2.05, 4.69) is 22.6 Å². The summed E-state index contributed by atoms with van der Waals surface area (Å²) in [6.07, 6.45) is 5.74. The lowest BCUT2D eigenvalue weighted by molar-refractivity contribution is -0.645. The number of carbonyl (C=O) groups is 1. The number of methoxy groups -OCH3 is 1. The van der Waals surface area contributed by atoms with E-state index in [-0.39, 0.29) is 17.4 Å². The minimum Gasteiger partial charge on any atom is -0.497 e. The number of unbranched alkanes of at least 4 members (excludes halogenated alkanes) is 4. The smallest absolute Gasteiger partial charge is 0.300 e. The van der Waals surface area contributed by atoms with Gasteiger partial charge < -0.3 is 15.8 Å². The number of aromatic amines is 1. The van der Waals surface area contributed by atoms with Crippen LogP contribution in [0.25, 0.3) is 5.69 Å². The van der Waals surface area contributed by atoms with E-state index in [0.29, 0.717) is 6.54 Å². The third-order valence-electron chi connectivity index (χ3n) is 3.86. The summed E-state index contributed by atoms with van der Waals surface area (Å²) in [7, 11) is 1.61. The third-order valence-corrected chi connectivity index (χ3v) is 3.86. The molecule has 7 heteroatoms. The van der Waals surface area contributed by atoms with E-state index in [9.17, 15) is 4.79 Å². The number of carbonyl (C=O) groups excluding carboxylic acids is 1. The number of nitrogens with one attached hydrogen (secondary N) is 2. The number of hydrogen-bond acceptors (Lipinski definition) is 4. The first-order valence-electron chi connectivity index (χ1n) is 8.36. The second kappa shape index (κ2) is 8.90. The molecule has 1 heterocycles. The molecule has 0 spiro atoms. The van der Waals surface area contributed by atoms with Gasteiger partial charge in [-0.2, -0.15) is 0 Å². The number of hydrogen-bond donors (Lipinski definition) is 3. The second-order valence-corrected chi connectivity index (χ2v) is 5.65. The summed E-state index contributed by atoms with van der Waals surface area (Å²) >= 11 is 0. The van der Waals surface area contributed by atoms with Gasteiger partial charge in [-0.15, -0.1) is 9.90 Å². The van der Waals surface area contributed by atoms with E-state index >= 15 is 0 Å². The van der Waals surface area contributed by atoms with Crippen LogP contribution in [0.15, 0.2) is 24.3 Å². The molecule has 2 rings (SSSR count). The van der Waals surface area contributed by atoms with E-state index in [4.69, 9.17) is 10.5 Å². The number of ether oxygens (including phenoxy) is 1. The summed E-state index contributed by atoms with van der Waals surface area (Å²) in [5.74, 6) is 0.772. The molecule has 1 amide bonds. The van der Waals surface area contributed by atoms with E-state index in [1.165, 1.54) is 19.3 Å². The molecule has 0 atom stereocenters. The minimum atomic E-state index is -0.258. The average Bonchev–Trinajstić information content (AvgIpc) is 2.99. The molecule has 0 aliphatic carbocycles. The van der Waals surface area contributed by atoms with Crippen LogP contribution < -0.4 is 20.5 Å². The highest BCUT2D eigenvalue weighted by Gasteiger charge is 2.24. The van der Waals surface area contributed by atoms with Crippen LogP contribution in [0.4, 0.5) is 5.82 Å². The maximum Gasteiger partial charge on any atom is 0.300 e. The van der Waals surface area contributed by atoms with Gasteiger partial charge in [0.15, 0.2) is 0 Å². The third kappa shape index (κ3) is 4.47. The number of nitrogens with two attached hydrogens (primary N) is 1. The van der Waals surface area contributed by atoms with Crippen LogP contribution >= 0.6 is 0 Å². The molecule has 0 unspecified atom stereocenters. The van der Waals surface area contributed by atoms with Crippen molar-refractivity contribution in [2.45, 2.75) is 39.0 Å². The molecule has 0 saturated carbocycles. The zero-order valence-corrected chi connectivity index (χ0v) is 14.3. The number of H-pyrrole nitrogens is 1. The van der Waals surface area contributed by atoms with Gasteiger partial charge in [0.25, 0.3) is 17.4 Å². The molecule has 1 aromatic heterocycles. The molecule has 0 aliphatic heterocycles. The van der Waals surface area contributed by atoms with Crippen LogP contribution in [0.2, 0.25) is 0 Å². The van der Waals surface area contributed by atoms with Crippen molar-refractivity contribution in [3.8, 4) is 11.4 Å². The first-order chi connectivity index (χ1) is 11.7. The summed E-state index contributed by atoms with van der Waals surface area (Å²) in [5.41, 5.74) is 7.04. The van der Waals surface area contributed by atoms with Gasteiger partial charge in [0, 0.05) is 6.54 Å².